The van der Waals surface area contributed by atoms with Gasteiger partial charge in [0.15, 0.2) is 11.6 Å². The van der Waals surface area contributed by atoms with Crippen molar-refractivity contribution in [2.75, 3.05) is 33.3 Å². The third kappa shape index (κ3) is 4.92. The largest absolute Gasteiger partial charge is 0.497 e. The smallest absolute Gasteiger partial charge is 0.276 e. The molecule has 2 amide bonds. The minimum atomic E-state index is -0.0156. The van der Waals surface area contributed by atoms with Crippen LogP contribution in [0.25, 0.3) is 0 Å². The van der Waals surface area contributed by atoms with Crippen LogP contribution in [0.3, 0.4) is 0 Å². The number of likely N-dealkylation sites (tertiary alicyclic amines) is 2. The fraction of sp³-hybridized carbons (Fsp3) is 0.542. The molecule has 0 bridgehead atoms. The second kappa shape index (κ2) is 9.54. The lowest BCUT2D eigenvalue weighted by Gasteiger charge is -2.30. The number of carbonyl (C=O) groups excluding carboxylic acids is 2. The van der Waals surface area contributed by atoms with E-state index < -0.39 is 0 Å². The molecule has 2 fully saturated rings. The van der Waals surface area contributed by atoms with Gasteiger partial charge in [-0.2, -0.15) is 0 Å². The van der Waals surface area contributed by atoms with E-state index >= 15 is 0 Å². The topological polar surface area (TPSA) is 75.9 Å². The van der Waals surface area contributed by atoms with Crippen molar-refractivity contribution in [1.29, 1.82) is 0 Å². The predicted molar refractivity (Wildman–Crippen MR) is 116 cm³/mol. The minimum Gasteiger partial charge on any atom is -0.497 e. The molecule has 31 heavy (non-hydrogen) atoms. The maximum absolute atomic E-state index is 12.8. The molecular formula is C24H31N3O4. The molecule has 3 heterocycles. The maximum Gasteiger partial charge on any atom is 0.276 e. The summed E-state index contributed by atoms with van der Waals surface area (Å²) >= 11 is 0. The lowest BCUT2D eigenvalue weighted by atomic mass is 9.96. The first-order valence-electron chi connectivity index (χ1n) is 11.2. The summed E-state index contributed by atoms with van der Waals surface area (Å²) in [6.45, 7) is 4.76. The molecule has 2 aromatic rings. The van der Waals surface area contributed by atoms with Gasteiger partial charge in [0.25, 0.3) is 5.91 Å². The SMILES string of the molecule is COc1cccc(CC(=O)N2CCC(c3nc(C(=O)N4CCCCC4)c(C)o3)CC2)c1. The van der Waals surface area contributed by atoms with Crippen LogP contribution in [0, 0.1) is 6.92 Å². The molecule has 0 radical (unpaired) electrons. The minimum absolute atomic E-state index is 0.0156. The van der Waals surface area contributed by atoms with Crippen LogP contribution in [-0.4, -0.2) is 59.9 Å². The van der Waals surface area contributed by atoms with Gasteiger partial charge in [0.1, 0.15) is 11.5 Å². The van der Waals surface area contributed by atoms with E-state index in [1.165, 1.54) is 6.42 Å². The van der Waals surface area contributed by atoms with Crippen molar-refractivity contribution in [3.63, 3.8) is 0 Å². The number of aromatic nitrogens is 1. The maximum atomic E-state index is 12.8. The molecule has 1 aromatic carbocycles. The molecule has 0 atom stereocenters. The van der Waals surface area contributed by atoms with Crippen molar-refractivity contribution in [3.05, 3.63) is 47.2 Å². The van der Waals surface area contributed by atoms with E-state index in [2.05, 4.69) is 4.98 Å². The normalized spacial score (nSPS) is 17.6. The highest BCUT2D eigenvalue weighted by Crippen LogP contribution is 2.30. The van der Waals surface area contributed by atoms with E-state index in [9.17, 15) is 9.59 Å². The average molecular weight is 426 g/mol. The van der Waals surface area contributed by atoms with Crippen molar-refractivity contribution < 1.29 is 18.7 Å². The van der Waals surface area contributed by atoms with Gasteiger partial charge in [-0.15, -0.1) is 0 Å². The van der Waals surface area contributed by atoms with Gasteiger partial charge in [0.2, 0.25) is 5.91 Å². The first-order valence-corrected chi connectivity index (χ1v) is 11.2. The van der Waals surface area contributed by atoms with Crippen LogP contribution in [0.15, 0.2) is 28.7 Å². The highest BCUT2D eigenvalue weighted by molar-refractivity contribution is 5.93. The highest BCUT2D eigenvalue weighted by atomic mass is 16.5. The molecule has 2 aliphatic rings. The van der Waals surface area contributed by atoms with E-state index in [1.54, 1.807) is 7.11 Å². The second-order valence-electron chi connectivity index (χ2n) is 8.49. The van der Waals surface area contributed by atoms with Crippen LogP contribution < -0.4 is 4.74 Å². The lowest BCUT2D eigenvalue weighted by Crippen LogP contribution is -2.39. The molecule has 166 valence electrons. The quantitative estimate of drug-likeness (QED) is 0.732. The second-order valence-corrected chi connectivity index (χ2v) is 8.49. The first kappa shape index (κ1) is 21.4. The molecule has 0 N–H and O–H groups in total. The van der Waals surface area contributed by atoms with Crippen molar-refractivity contribution in [3.8, 4) is 5.75 Å². The lowest BCUT2D eigenvalue weighted by molar-refractivity contribution is -0.131. The molecule has 4 rings (SSSR count). The van der Waals surface area contributed by atoms with Crippen molar-refractivity contribution >= 4 is 11.8 Å². The summed E-state index contributed by atoms with van der Waals surface area (Å²) in [5, 5.41) is 0. The Morgan fingerprint density at radius 2 is 1.84 bits per heavy atom. The van der Waals surface area contributed by atoms with Crippen LogP contribution in [0.5, 0.6) is 5.75 Å². The molecule has 2 saturated heterocycles. The Labute approximate surface area is 183 Å². The van der Waals surface area contributed by atoms with E-state index in [-0.39, 0.29) is 17.7 Å². The van der Waals surface area contributed by atoms with Gasteiger partial charge in [-0.1, -0.05) is 12.1 Å². The Kier molecular flexibility index (Phi) is 6.59. The first-order chi connectivity index (χ1) is 15.0. The third-order valence-corrected chi connectivity index (χ3v) is 6.35. The number of ether oxygens (including phenoxy) is 1. The van der Waals surface area contributed by atoms with Crippen LogP contribution in [0.4, 0.5) is 0 Å². The van der Waals surface area contributed by atoms with E-state index in [0.29, 0.717) is 36.9 Å². The Hall–Kier alpha value is -2.83. The van der Waals surface area contributed by atoms with Gasteiger partial charge in [0, 0.05) is 32.1 Å². The van der Waals surface area contributed by atoms with Gasteiger partial charge in [-0.3, -0.25) is 9.59 Å². The van der Waals surface area contributed by atoms with E-state index in [1.807, 2.05) is 41.0 Å². The van der Waals surface area contributed by atoms with Crippen molar-refractivity contribution in [1.82, 2.24) is 14.8 Å². The zero-order valence-corrected chi connectivity index (χ0v) is 18.4. The Morgan fingerprint density at radius 1 is 1.10 bits per heavy atom. The number of hydrogen-bond acceptors (Lipinski definition) is 5. The molecular weight excluding hydrogens is 394 g/mol. The molecule has 1 aromatic heterocycles. The van der Waals surface area contributed by atoms with Crippen LogP contribution >= 0.6 is 0 Å². The zero-order chi connectivity index (χ0) is 21.8. The fourth-order valence-electron chi connectivity index (χ4n) is 4.48. The highest BCUT2D eigenvalue weighted by Gasteiger charge is 2.30. The molecule has 0 spiro atoms. The van der Waals surface area contributed by atoms with Crippen LogP contribution in [-0.2, 0) is 11.2 Å². The summed E-state index contributed by atoms with van der Waals surface area (Å²) in [6, 6.07) is 7.63. The number of rotatable bonds is 5. The zero-order valence-electron chi connectivity index (χ0n) is 18.4. The van der Waals surface area contributed by atoms with Crippen LogP contribution in [0.1, 0.15) is 65.7 Å². The number of oxazole rings is 1. The average Bonchev–Trinajstić information content (AvgIpc) is 3.21. The van der Waals surface area contributed by atoms with Gasteiger partial charge in [0.05, 0.1) is 13.5 Å². The molecule has 7 nitrogen and oxygen atoms in total. The molecule has 0 saturated carbocycles. The monoisotopic (exact) mass is 425 g/mol. The van der Waals surface area contributed by atoms with Crippen molar-refractivity contribution in [2.45, 2.75) is 51.4 Å². The van der Waals surface area contributed by atoms with E-state index in [4.69, 9.17) is 9.15 Å². The third-order valence-electron chi connectivity index (χ3n) is 6.35. The summed E-state index contributed by atoms with van der Waals surface area (Å²) in [7, 11) is 1.63. The molecule has 7 heteroatoms. The number of aryl methyl sites for hydroxylation is 1. The Morgan fingerprint density at radius 3 is 2.55 bits per heavy atom. The number of methoxy groups -OCH3 is 1. The Balaban J connectivity index is 1.34. The van der Waals surface area contributed by atoms with E-state index in [0.717, 1.165) is 50.1 Å². The molecule has 2 aliphatic heterocycles. The summed E-state index contributed by atoms with van der Waals surface area (Å²) in [5.41, 5.74) is 1.41. The Bertz CT molecular complexity index is 925. The number of piperidine rings is 2. The fourth-order valence-corrected chi connectivity index (χ4v) is 4.48. The summed E-state index contributed by atoms with van der Waals surface area (Å²) < 4.78 is 11.1. The number of amides is 2. The number of hydrogen-bond donors (Lipinski definition) is 0. The summed E-state index contributed by atoms with van der Waals surface area (Å²) in [5.74, 6) is 2.25. The van der Waals surface area contributed by atoms with Gasteiger partial charge >= 0.3 is 0 Å². The molecule has 0 unspecified atom stereocenters. The predicted octanol–water partition coefficient (Wildman–Crippen LogP) is 3.57. The number of carbonyl (C=O) groups is 2. The molecule has 0 aliphatic carbocycles. The number of nitrogens with zero attached hydrogens (tertiary/aromatic N) is 3. The summed E-state index contributed by atoms with van der Waals surface area (Å²) in [6.07, 6.45) is 5.24. The standard InChI is InChI=1S/C24H31N3O4/c1-17-22(24(29)27-11-4-3-5-12-27)25-23(31-17)19-9-13-26(14-10-19)21(28)16-18-7-6-8-20(15-18)30-2/h6-8,15,19H,3-5,9-14,16H2,1-2H3. The summed E-state index contributed by atoms with van der Waals surface area (Å²) in [4.78, 5) is 33.9. The van der Waals surface area contributed by atoms with Crippen LogP contribution in [0.2, 0.25) is 0 Å². The van der Waals surface area contributed by atoms with Crippen molar-refractivity contribution in [2.24, 2.45) is 0 Å². The van der Waals surface area contributed by atoms with Gasteiger partial charge in [-0.05, 0) is 56.7 Å². The number of benzene rings is 1. The van der Waals surface area contributed by atoms with Gasteiger partial charge in [-0.25, -0.2) is 4.98 Å². The van der Waals surface area contributed by atoms with Gasteiger partial charge < -0.3 is 19.0 Å².